The predicted molar refractivity (Wildman–Crippen MR) is 72.9 cm³/mol. The van der Waals surface area contributed by atoms with Crippen molar-refractivity contribution in [2.45, 2.75) is 44.4 Å². The first kappa shape index (κ1) is 14.6. The summed E-state index contributed by atoms with van der Waals surface area (Å²) in [7, 11) is -1.21. The molecule has 1 aliphatic rings. The monoisotopic (exact) mass is 287 g/mol. The lowest BCUT2D eigenvalue weighted by Crippen LogP contribution is -2.37. The molecule has 1 aromatic carbocycles. The van der Waals surface area contributed by atoms with Gasteiger partial charge in [0.15, 0.2) is 0 Å². The Kier molecular flexibility index (Phi) is 4.06. The SMILES string of the molecule is CC(C)(C)[S@](=O)N1CCC[C@H]1c1cc(F)ccc1F. The summed E-state index contributed by atoms with van der Waals surface area (Å²) in [4.78, 5) is 0. The fourth-order valence-electron chi connectivity index (χ4n) is 2.37. The number of nitrogens with zero attached hydrogens (tertiary/aromatic N) is 1. The smallest absolute Gasteiger partial charge is 0.128 e. The highest BCUT2D eigenvalue weighted by molar-refractivity contribution is 7.84. The maximum Gasteiger partial charge on any atom is 0.128 e. The van der Waals surface area contributed by atoms with E-state index in [9.17, 15) is 13.0 Å². The van der Waals surface area contributed by atoms with E-state index < -0.39 is 27.4 Å². The Morgan fingerprint density at radius 3 is 2.63 bits per heavy atom. The fraction of sp³-hybridized carbons (Fsp3) is 0.571. The Labute approximate surface area is 115 Å². The summed E-state index contributed by atoms with van der Waals surface area (Å²) < 4.78 is 41.0. The number of benzene rings is 1. The van der Waals surface area contributed by atoms with Crippen LogP contribution in [0.3, 0.4) is 0 Å². The summed E-state index contributed by atoms with van der Waals surface area (Å²) >= 11 is 0. The van der Waals surface area contributed by atoms with Crippen molar-refractivity contribution >= 4 is 11.0 Å². The van der Waals surface area contributed by atoms with Crippen LogP contribution in [-0.2, 0) is 11.0 Å². The highest BCUT2D eigenvalue weighted by atomic mass is 32.2. The average Bonchev–Trinajstić information content (AvgIpc) is 2.78. The molecule has 1 aromatic rings. The van der Waals surface area contributed by atoms with Gasteiger partial charge in [-0.1, -0.05) is 0 Å². The van der Waals surface area contributed by atoms with Crippen molar-refractivity contribution in [1.29, 1.82) is 0 Å². The van der Waals surface area contributed by atoms with Crippen LogP contribution in [0.1, 0.15) is 45.2 Å². The summed E-state index contributed by atoms with van der Waals surface area (Å²) in [5.74, 6) is -0.881. The van der Waals surface area contributed by atoms with Gasteiger partial charge in [-0.2, -0.15) is 0 Å². The second-order valence-electron chi connectivity index (χ2n) is 5.83. The topological polar surface area (TPSA) is 20.3 Å². The minimum Gasteiger partial charge on any atom is -0.242 e. The van der Waals surface area contributed by atoms with Gasteiger partial charge in [-0.25, -0.2) is 17.3 Å². The minimum atomic E-state index is -1.21. The molecule has 1 saturated heterocycles. The molecular formula is C14H19F2NOS. The van der Waals surface area contributed by atoms with E-state index in [2.05, 4.69) is 0 Å². The molecular weight excluding hydrogens is 268 g/mol. The van der Waals surface area contributed by atoms with Crippen molar-refractivity contribution in [2.75, 3.05) is 6.54 Å². The minimum absolute atomic E-state index is 0.296. The van der Waals surface area contributed by atoms with Gasteiger partial charge in [0.2, 0.25) is 0 Å². The van der Waals surface area contributed by atoms with Crippen molar-refractivity contribution in [3.05, 3.63) is 35.4 Å². The number of rotatable bonds is 2. The van der Waals surface area contributed by atoms with Gasteiger partial charge in [-0.15, -0.1) is 0 Å². The summed E-state index contributed by atoms with van der Waals surface area (Å²) in [6.07, 6.45) is 1.56. The molecule has 0 spiro atoms. The van der Waals surface area contributed by atoms with Gasteiger partial charge >= 0.3 is 0 Å². The summed E-state index contributed by atoms with van der Waals surface area (Å²) in [5, 5.41) is 0. The molecule has 1 aliphatic heterocycles. The van der Waals surface area contributed by atoms with Gasteiger partial charge in [0.25, 0.3) is 0 Å². The second-order valence-corrected chi connectivity index (χ2v) is 8.02. The molecule has 106 valence electrons. The lowest BCUT2D eigenvalue weighted by molar-refractivity contribution is 0.401. The van der Waals surface area contributed by atoms with E-state index in [0.717, 1.165) is 18.6 Å². The maximum atomic E-state index is 13.9. The van der Waals surface area contributed by atoms with Crippen LogP contribution in [0.15, 0.2) is 18.2 Å². The molecule has 0 saturated carbocycles. The van der Waals surface area contributed by atoms with Crippen molar-refractivity contribution in [3.63, 3.8) is 0 Å². The van der Waals surface area contributed by atoms with E-state index in [1.807, 2.05) is 20.8 Å². The quantitative estimate of drug-likeness (QED) is 0.814. The molecule has 0 aliphatic carbocycles. The molecule has 1 fully saturated rings. The summed E-state index contributed by atoms with van der Waals surface area (Å²) in [6.45, 7) is 6.33. The summed E-state index contributed by atoms with van der Waals surface area (Å²) in [5.41, 5.74) is 0.315. The molecule has 19 heavy (non-hydrogen) atoms. The Morgan fingerprint density at radius 2 is 2.00 bits per heavy atom. The zero-order valence-electron chi connectivity index (χ0n) is 11.5. The highest BCUT2D eigenvalue weighted by Gasteiger charge is 2.36. The molecule has 1 heterocycles. The normalized spacial score (nSPS) is 22.7. The Bertz CT molecular complexity index is 499. The molecule has 0 N–H and O–H groups in total. The molecule has 2 rings (SSSR count). The lowest BCUT2D eigenvalue weighted by atomic mass is 10.0. The van der Waals surface area contributed by atoms with E-state index in [-0.39, 0.29) is 6.04 Å². The standard InChI is InChI=1S/C14H19F2NOS/c1-14(2,3)19(18)17-8-4-5-13(17)11-9-10(15)6-7-12(11)16/h6-7,9,13H,4-5,8H2,1-3H3/t13-,19-/m0/s1. The van der Waals surface area contributed by atoms with Crippen LogP contribution in [0.25, 0.3) is 0 Å². The van der Waals surface area contributed by atoms with Crippen molar-refractivity contribution in [3.8, 4) is 0 Å². The van der Waals surface area contributed by atoms with E-state index >= 15 is 0 Å². The molecule has 0 aromatic heterocycles. The first-order valence-corrected chi connectivity index (χ1v) is 7.55. The molecule has 2 nitrogen and oxygen atoms in total. The van der Waals surface area contributed by atoms with Crippen molar-refractivity contribution < 1.29 is 13.0 Å². The van der Waals surface area contributed by atoms with Crippen molar-refractivity contribution in [2.24, 2.45) is 0 Å². The van der Waals surface area contributed by atoms with Crippen molar-refractivity contribution in [1.82, 2.24) is 4.31 Å². The zero-order chi connectivity index (χ0) is 14.2. The highest BCUT2D eigenvalue weighted by Crippen LogP contribution is 2.37. The second kappa shape index (κ2) is 5.29. The molecule has 0 radical (unpaired) electrons. The van der Waals surface area contributed by atoms with Crippen LogP contribution in [0.5, 0.6) is 0 Å². The van der Waals surface area contributed by atoms with Gasteiger partial charge in [0.05, 0.1) is 10.8 Å². The van der Waals surface area contributed by atoms with E-state index in [4.69, 9.17) is 0 Å². The average molecular weight is 287 g/mol. The molecule has 0 bridgehead atoms. The van der Waals surface area contributed by atoms with Crippen LogP contribution in [0, 0.1) is 11.6 Å². The molecule has 0 unspecified atom stereocenters. The number of hydrogen-bond acceptors (Lipinski definition) is 1. The van der Waals surface area contributed by atoms with Gasteiger partial charge in [-0.05, 0) is 51.8 Å². The maximum absolute atomic E-state index is 13.9. The van der Waals surface area contributed by atoms with Gasteiger partial charge in [0, 0.05) is 12.1 Å². The van der Waals surface area contributed by atoms with E-state index in [1.165, 1.54) is 6.07 Å². The van der Waals surface area contributed by atoms with Crippen LogP contribution < -0.4 is 0 Å². The van der Waals surface area contributed by atoms with Gasteiger partial charge in [0.1, 0.15) is 22.6 Å². The Hall–Kier alpha value is -0.810. The Balaban J connectivity index is 2.33. The molecule has 2 atom stereocenters. The van der Waals surface area contributed by atoms with Gasteiger partial charge in [-0.3, -0.25) is 0 Å². The predicted octanol–water partition coefficient (Wildman–Crippen LogP) is 3.56. The Morgan fingerprint density at radius 1 is 1.32 bits per heavy atom. The van der Waals surface area contributed by atoms with Crippen LogP contribution >= 0.6 is 0 Å². The van der Waals surface area contributed by atoms with Gasteiger partial charge < -0.3 is 0 Å². The number of hydrogen-bond donors (Lipinski definition) is 0. The third kappa shape index (κ3) is 3.03. The largest absolute Gasteiger partial charge is 0.242 e. The zero-order valence-corrected chi connectivity index (χ0v) is 12.3. The number of halogens is 2. The first-order valence-electron chi connectivity index (χ1n) is 6.44. The van der Waals surface area contributed by atoms with Crippen LogP contribution in [0.2, 0.25) is 0 Å². The molecule has 0 amide bonds. The van der Waals surface area contributed by atoms with E-state index in [1.54, 1.807) is 4.31 Å². The van der Waals surface area contributed by atoms with Crippen LogP contribution in [-0.4, -0.2) is 19.8 Å². The third-order valence-electron chi connectivity index (χ3n) is 3.26. The summed E-state index contributed by atoms with van der Waals surface area (Å²) in [6, 6.07) is 3.17. The first-order chi connectivity index (χ1) is 8.80. The lowest BCUT2D eigenvalue weighted by Gasteiger charge is -2.30. The van der Waals surface area contributed by atoms with E-state index in [0.29, 0.717) is 18.5 Å². The van der Waals surface area contributed by atoms with Crippen LogP contribution in [0.4, 0.5) is 8.78 Å². The molecule has 5 heteroatoms. The third-order valence-corrected chi connectivity index (χ3v) is 5.17. The fourth-order valence-corrected chi connectivity index (χ4v) is 3.82.